The number of carbonyl (C=O) groups excluding carboxylic acids is 1. The molecule has 22 heavy (non-hydrogen) atoms. The molecule has 0 aromatic carbocycles. The summed E-state index contributed by atoms with van der Waals surface area (Å²) < 4.78 is 29.3. The third-order valence-corrected chi connectivity index (χ3v) is 4.55. The van der Waals surface area contributed by atoms with Crippen molar-refractivity contribution >= 4 is 29.7 Å². The maximum atomic E-state index is 12.6. The average Bonchev–Trinajstić information content (AvgIpc) is 2.78. The molecule has 0 aliphatic carbocycles. The third kappa shape index (κ3) is 4.79. The standard InChI is InChI=1S/C14H20F2N2O2S.ClH/c1-9-6-11(20-14(15)16)12(21-9)13(19)18-5-3-4-10(8-18)7-17-2;/h6,10,14,17H,3-5,7-8H2,1-2H3;1H. The number of nitrogens with one attached hydrogen (secondary N) is 1. The number of hydrogen-bond donors (Lipinski definition) is 1. The van der Waals surface area contributed by atoms with Gasteiger partial charge in [0, 0.05) is 18.0 Å². The minimum Gasteiger partial charge on any atom is -0.433 e. The molecule has 1 aromatic rings. The van der Waals surface area contributed by atoms with Crippen molar-refractivity contribution in [3.05, 3.63) is 15.8 Å². The van der Waals surface area contributed by atoms with Crippen LogP contribution in [0, 0.1) is 12.8 Å². The summed E-state index contributed by atoms with van der Waals surface area (Å²) >= 11 is 1.21. The van der Waals surface area contributed by atoms with Gasteiger partial charge in [0.1, 0.15) is 10.6 Å². The van der Waals surface area contributed by atoms with Crippen molar-refractivity contribution in [2.24, 2.45) is 5.92 Å². The van der Waals surface area contributed by atoms with Gasteiger partial charge in [-0.05, 0) is 45.3 Å². The molecule has 1 N–H and O–H groups in total. The van der Waals surface area contributed by atoms with Crippen LogP contribution in [-0.2, 0) is 0 Å². The van der Waals surface area contributed by atoms with Gasteiger partial charge >= 0.3 is 6.61 Å². The summed E-state index contributed by atoms with van der Waals surface area (Å²) in [5, 5.41) is 3.12. The summed E-state index contributed by atoms with van der Waals surface area (Å²) in [6.45, 7) is 1.05. The van der Waals surface area contributed by atoms with Gasteiger partial charge in [0.2, 0.25) is 0 Å². The second-order valence-corrected chi connectivity index (χ2v) is 6.50. The second kappa shape index (κ2) is 8.64. The molecule has 1 saturated heterocycles. The van der Waals surface area contributed by atoms with E-state index in [1.807, 2.05) is 7.05 Å². The number of alkyl halides is 2. The van der Waals surface area contributed by atoms with Gasteiger partial charge in [-0.1, -0.05) is 0 Å². The highest BCUT2D eigenvalue weighted by Gasteiger charge is 2.28. The number of thiophene rings is 1. The lowest BCUT2D eigenvalue weighted by molar-refractivity contribution is -0.0499. The normalized spacial score (nSPS) is 18.2. The van der Waals surface area contributed by atoms with Gasteiger partial charge in [-0.25, -0.2) is 0 Å². The zero-order valence-electron chi connectivity index (χ0n) is 12.6. The van der Waals surface area contributed by atoms with Crippen molar-refractivity contribution in [3.8, 4) is 5.75 Å². The Kier molecular flexibility index (Phi) is 7.52. The van der Waals surface area contributed by atoms with E-state index in [0.717, 1.165) is 24.3 Å². The van der Waals surface area contributed by atoms with Crippen LogP contribution in [0.4, 0.5) is 8.78 Å². The molecule has 0 spiro atoms. The lowest BCUT2D eigenvalue weighted by Gasteiger charge is -2.32. The molecular weight excluding hydrogens is 334 g/mol. The summed E-state index contributed by atoms with van der Waals surface area (Å²) in [5.41, 5.74) is 0. The minimum absolute atomic E-state index is 0. The van der Waals surface area contributed by atoms with E-state index in [1.54, 1.807) is 11.8 Å². The molecule has 1 atom stereocenters. The third-order valence-electron chi connectivity index (χ3n) is 3.53. The predicted molar refractivity (Wildman–Crippen MR) is 85.5 cm³/mol. The first-order valence-corrected chi connectivity index (χ1v) is 7.82. The molecule has 8 heteroatoms. The van der Waals surface area contributed by atoms with Crippen molar-refractivity contribution in [1.29, 1.82) is 0 Å². The number of amides is 1. The first-order chi connectivity index (χ1) is 10.0. The van der Waals surface area contributed by atoms with Gasteiger partial charge in [0.25, 0.3) is 5.91 Å². The van der Waals surface area contributed by atoms with E-state index in [1.165, 1.54) is 17.4 Å². The van der Waals surface area contributed by atoms with Crippen molar-refractivity contribution < 1.29 is 18.3 Å². The Morgan fingerprint density at radius 1 is 1.59 bits per heavy atom. The molecule has 0 bridgehead atoms. The smallest absolute Gasteiger partial charge is 0.387 e. The molecule has 1 fully saturated rings. The quantitative estimate of drug-likeness (QED) is 0.883. The highest BCUT2D eigenvalue weighted by Crippen LogP contribution is 2.32. The predicted octanol–water partition coefficient (Wildman–Crippen LogP) is 3.15. The molecule has 1 amide bonds. The first kappa shape index (κ1) is 19.1. The number of hydrogen-bond acceptors (Lipinski definition) is 4. The number of likely N-dealkylation sites (tertiary alicyclic amines) is 1. The first-order valence-electron chi connectivity index (χ1n) is 7.00. The topological polar surface area (TPSA) is 41.6 Å². The average molecular weight is 355 g/mol. The van der Waals surface area contributed by atoms with Gasteiger partial charge in [-0.2, -0.15) is 8.78 Å². The largest absolute Gasteiger partial charge is 0.433 e. The Balaban J connectivity index is 0.00000242. The van der Waals surface area contributed by atoms with Crippen LogP contribution in [0.1, 0.15) is 27.4 Å². The van der Waals surface area contributed by atoms with E-state index in [-0.39, 0.29) is 28.9 Å². The summed E-state index contributed by atoms with van der Waals surface area (Å²) in [4.78, 5) is 15.4. The van der Waals surface area contributed by atoms with Gasteiger partial charge < -0.3 is 15.0 Å². The SMILES string of the molecule is CNCC1CCCN(C(=O)c2sc(C)cc2OC(F)F)C1.Cl. The van der Waals surface area contributed by atoms with Crippen LogP contribution in [0.3, 0.4) is 0 Å². The lowest BCUT2D eigenvalue weighted by Crippen LogP contribution is -2.42. The Morgan fingerprint density at radius 3 is 2.95 bits per heavy atom. The number of aryl methyl sites for hydroxylation is 1. The number of piperidine rings is 1. The molecular formula is C14H21ClF2N2O2S. The van der Waals surface area contributed by atoms with E-state index in [0.29, 0.717) is 19.0 Å². The molecule has 1 aromatic heterocycles. The van der Waals surface area contributed by atoms with Crippen LogP contribution in [-0.4, -0.2) is 44.1 Å². The lowest BCUT2D eigenvalue weighted by atomic mass is 9.98. The summed E-state index contributed by atoms with van der Waals surface area (Å²) in [6.07, 6.45) is 2.02. The van der Waals surface area contributed by atoms with Crippen LogP contribution in [0.15, 0.2) is 6.07 Å². The molecule has 0 saturated carbocycles. The summed E-state index contributed by atoms with van der Waals surface area (Å²) in [5.74, 6) is 0.200. The highest BCUT2D eigenvalue weighted by molar-refractivity contribution is 7.14. The van der Waals surface area contributed by atoms with Crippen LogP contribution >= 0.6 is 23.7 Å². The van der Waals surface area contributed by atoms with E-state index in [2.05, 4.69) is 10.1 Å². The zero-order valence-corrected chi connectivity index (χ0v) is 14.2. The second-order valence-electron chi connectivity index (χ2n) is 5.25. The fourth-order valence-electron chi connectivity index (χ4n) is 2.67. The van der Waals surface area contributed by atoms with E-state index in [4.69, 9.17) is 0 Å². The van der Waals surface area contributed by atoms with Crippen molar-refractivity contribution in [1.82, 2.24) is 10.2 Å². The van der Waals surface area contributed by atoms with E-state index < -0.39 is 6.61 Å². The fourth-order valence-corrected chi connectivity index (χ4v) is 3.58. The van der Waals surface area contributed by atoms with Gasteiger partial charge in [0.05, 0.1) is 0 Å². The Labute approximate surface area is 139 Å². The summed E-state index contributed by atoms with van der Waals surface area (Å²) in [6, 6.07) is 1.50. The highest BCUT2D eigenvalue weighted by atomic mass is 35.5. The molecule has 1 aliphatic heterocycles. The van der Waals surface area contributed by atoms with Crippen LogP contribution < -0.4 is 10.1 Å². The van der Waals surface area contributed by atoms with Crippen molar-refractivity contribution in [3.63, 3.8) is 0 Å². The van der Waals surface area contributed by atoms with Crippen LogP contribution in [0.25, 0.3) is 0 Å². The van der Waals surface area contributed by atoms with Gasteiger partial charge in [-0.3, -0.25) is 4.79 Å². The van der Waals surface area contributed by atoms with E-state index >= 15 is 0 Å². The van der Waals surface area contributed by atoms with Crippen LogP contribution in [0.2, 0.25) is 0 Å². The summed E-state index contributed by atoms with van der Waals surface area (Å²) in [7, 11) is 1.89. The Hall–Kier alpha value is -0.920. The maximum Gasteiger partial charge on any atom is 0.387 e. The number of ether oxygens (including phenoxy) is 1. The van der Waals surface area contributed by atoms with Crippen LogP contribution in [0.5, 0.6) is 5.75 Å². The molecule has 2 heterocycles. The van der Waals surface area contributed by atoms with Crippen molar-refractivity contribution in [2.75, 3.05) is 26.7 Å². The fraction of sp³-hybridized carbons (Fsp3) is 0.643. The van der Waals surface area contributed by atoms with Crippen molar-refractivity contribution in [2.45, 2.75) is 26.4 Å². The number of carbonyl (C=O) groups is 1. The minimum atomic E-state index is -2.91. The molecule has 126 valence electrons. The molecule has 1 aliphatic rings. The monoisotopic (exact) mass is 354 g/mol. The number of halogens is 3. The Morgan fingerprint density at radius 2 is 2.32 bits per heavy atom. The number of rotatable bonds is 5. The maximum absolute atomic E-state index is 12.6. The van der Waals surface area contributed by atoms with E-state index in [9.17, 15) is 13.6 Å². The zero-order chi connectivity index (χ0) is 15.4. The van der Waals surface area contributed by atoms with Gasteiger partial charge in [-0.15, -0.1) is 23.7 Å². The molecule has 0 radical (unpaired) electrons. The molecule has 2 rings (SSSR count). The van der Waals surface area contributed by atoms with Gasteiger partial charge in [0.15, 0.2) is 0 Å². The molecule has 4 nitrogen and oxygen atoms in total. The molecule has 1 unspecified atom stereocenters. The Bertz CT molecular complexity index is 497. The number of nitrogens with zero attached hydrogens (tertiary/aromatic N) is 1.